The highest BCUT2D eigenvalue weighted by Gasteiger charge is 2.38. The normalized spacial score (nSPS) is 14.5. The molecule has 2 aromatic rings. The third-order valence-corrected chi connectivity index (χ3v) is 6.37. The molecule has 0 saturated carbocycles. The average molecular weight is 485 g/mol. The highest BCUT2D eigenvalue weighted by atomic mass is 16.5. The predicted molar refractivity (Wildman–Crippen MR) is 137 cm³/mol. The van der Waals surface area contributed by atoms with E-state index in [1.165, 1.54) is 13.2 Å². The molecule has 0 radical (unpaired) electrons. The van der Waals surface area contributed by atoms with Crippen LogP contribution in [0.3, 0.4) is 0 Å². The molecule has 6 heteroatoms. The second kappa shape index (κ2) is 14.7. The summed E-state index contributed by atoms with van der Waals surface area (Å²) in [6.45, 7) is 7.00. The van der Waals surface area contributed by atoms with Crippen LogP contribution >= 0.6 is 0 Å². The van der Waals surface area contributed by atoms with E-state index in [0.29, 0.717) is 26.1 Å². The summed E-state index contributed by atoms with van der Waals surface area (Å²) < 4.78 is 22.5. The minimum Gasteiger partial charge on any atom is -0.497 e. The molecule has 192 valence electrons. The zero-order chi connectivity index (χ0) is 25.7. The van der Waals surface area contributed by atoms with Crippen LogP contribution in [0.1, 0.15) is 51.2 Å². The van der Waals surface area contributed by atoms with Crippen molar-refractivity contribution in [2.24, 2.45) is 5.41 Å². The van der Waals surface area contributed by atoms with E-state index in [4.69, 9.17) is 14.2 Å². The van der Waals surface area contributed by atoms with Gasteiger partial charge in [-0.05, 0) is 36.1 Å². The van der Waals surface area contributed by atoms with Crippen LogP contribution in [-0.2, 0) is 32.2 Å². The Morgan fingerprint density at radius 3 is 2.20 bits per heavy atom. The van der Waals surface area contributed by atoms with Crippen molar-refractivity contribution < 1.29 is 28.8 Å². The third-order valence-electron chi connectivity index (χ3n) is 6.37. The lowest BCUT2D eigenvalue weighted by Crippen LogP contribution is -2.43. The summed E-state index contributed by atoms with van der Waals surface area (Å²) in [4.78, 5) is 11.4. The van der Waals surface area contributed by atoms with Crippen molar-refractivity contribution in [1.29, 1.82) is 0 Å². The van der Waals surface area contributed by atoms with Gasteiger partial charge in [-0.2, -0.15) is 0 Å². The van der Waals surface area contributed by atoms with Crippen molar-refractivity contribution in [2.45, 2.75) is 71.6 Å². The number of hydrogen-bond acceptors (Lipinski definition) is 6. The molecule has 0 fully saturated rings. The van der Waals surface area contributed by atoms with Gasteiger partial charge in [-0.1, -0.05) is 69.3 Å². The van der Waals surface area contributed by atoms with Crippen LogP contribution in [0.5, 0.6) is 5.75 Å². The molecule has 0 spiro atoms. The standard InChI is InChI=1S/C29H40O6/c1-6-24(34-20-22-11-8-7-9-12-22)19-27(35-21-23-15-17-25(32-4)18-16-23)29(2,3)26(30)13-10-14-28(31)33-5/h7-12,14-18,24,26-27,30H,6,13,19-21H2,1-5H3/b14-10+/t24-,26+,27+/m0/s1. The number of carbonyl (C=O) groups excluding carboxylic acids is 1. The smallest absolute Gasteiger partial charge is 0.330 e. The van der Waals surface area contributed by atoms with Gasteiger partial charge in [0.2, 0.25) is 0 Å². The molecule has 6 nitrogen and oxygen atoms in total. The van der Waals surface area contributed by atoms with E-state index in [9.17, 15) is 9.90 Å². The summed E-state index contributed by atoms with van der Waals surface area (Å²) >= 11 is 0. The zero-order valence-corrected chi connectivity index (χ0v) is 21.6. The molecule has 0 aliphatic rings. The fraction of sp³-hybridized carbons (Fsp3) is 0.483. The Hall–Kier alpha value is -2.67. The molecule has 1 N–H and O–H groups in total. The molecule has 2 aromatic carbocycles. The van der Waals surface area contributed by atoms with Crippen molar-refractivity contribution >= 4 is 5.97 Å². The first-order valence-electron chi connectivity index (χ1n) is 12.1. The van der Waals surface area contributed by atoms with Crippen LogP contribution in [0.2, 0.25) is 0 Å². The number of aliphatic hydroxyl groups is 1. The Balaban J connectivity index is 2.13. The Labute approximate surface area is 209 Å². The SMILES string of the molecule is CC[C@@H](C[C@@H](OCc1ccc(OC)cc1)C(C)(C)[C@H](O)C/C=C/C(=O)OC)OCc1ccccc1. The molecule has 0 aliphatic carbocycles. The highest BCUT2D eigenvalue weighted by molar-refractivity contribution is 5.81. The van der Waals surface area contributed by atoms with E-state index < -0.39 is 17.5 Å². The predicted octanol–water partition coefficient (Wildman–Crippen LogP) is 5.47. The van der Waals surface area contributed by atoms with E-state index in [1.807, 2.05) is 68.4 Å². The first-order valence-corrected chi connectivity index (χ1v) is 12.1. The van der Waals surface area contributed by atoms with Crippen LogP contribution in [0, 0.1) is 5.41 Å². The highest BCUT2D eigenvalue weighted by Crippen LogP contribution is 2.34. The van der Waals surface area contributed by atoms with Crippen LogP contribution in [0.4, 0.5) is 0 Å². The van der Waals surface area contributed by atoms with Crippen molar-refractivity contribution in [3.05, 3.63) is 77.9 Å². The van der Waals surface area contributed by atoms with Gasteiger partial charge < -0.3 is 24.1 Å². The summed E-state index contributed by atoms with van der Waals surface area (Å²) in [6, 6.07) is 17.8. The first-order chi connectivity index (χ1) is 16.8. The second-order valence-electron chi connectivity index (χ2n) is 9.21. The quantitative estimate of drug-likeness (QED) is 0.267. The van der Waals surface area contributed by atoms with Crippen molar-refractivity contribution in [3.8, 4) is 5.75 Å². The lowest BCUT2D eigenvalue weighted by atomic mass is 9.77. The molecule has 0 aromatic heterocycles. The largest absolute Gasteiger partial charge is 0.497 e. The van der Waals surface area contributed by atoms with Crippen LogP contribution < -0.4 is 4.74 Å². The summed E-state index contributed by atoms with van der Waals surface area (Å²) in [6.07, 6.45) is 3.70. The minimum absolute atomic E-state index is 0.0341. The van der Waals surface area contributed by atoms with Crippen LogP contribution in [-0.4, -0.2) is 43.6 Å². The van der Waals surface area contributed by atoms with Gasteiger partial charge in [0.1, 0.15) is 5.75 Å². The van der Waals surface area contributed by atoms with E-state index in [1.54, 1.807) is 13.2 Å². The average Bonchev–Trinajstić information content (AvgIpc) is 2.88. The summed E-state index contributed by atoms with van der Waals surface area (Å²) in [7, 11) is 2.97. The lowest BCUT2D eigenvalue weighted by molar-refractivity contribution is -0.134. The molecule has 0 heterocycles. The maximum atomic E-state index is 11.4. The fourth-order valence-corrected chi connectivity index (χ4v) is 3.76. The third kappa shape index (κ3) is 9.48. The molecular formula is C29H40O6. The van der Waals surface area contributed by atoms with E-state index in [2.05, 4.69) is 11.7 Å². The zero-order valence-electron chi connectivity index (χ0n) is 21.6. The number of hydrogen-bond donors (Lipinski definition) is 1. The lowest BCUT2D eigenvalue weighted by Gasteiger charge is -2.39. The maximum absolute atomic E-state index is 11.4. The summed E-state index contributed by atoms with van der Waals surface area (Å²) in [5.41, 5.74) is 1.54. The Bertz CT molecular complexity index is 891. The summed E-state index contributed by atoms with van der Waals surface area (Å²) in [5.74, 6) is 0.349. The van der Waals surface area contributed by atoms with Crippen molar-refractivity contribution in [1.82, 2.24) is 0 Å². The first kappa shape index (κ1) is 28.6. The van der Waals surface area contributed by atoms with E-state index >= 15 is 0 Å². The topological polar surface area (TPSA) is 74.2 Å². The Morgan fingerprint density at radius 2 is 1.60 bits per heavy atom. The molecule has 0 aliphatic heterocycles. The number of esters is 1. The number of methoxy groups -OCH3 is 2. The van der Waals surface area contributed by atoms with Gasteiger partial charge in [0.15, 0.2) is 0 Å². The van der Waals surface area contributed by atoms with Crippen LogP contribution in [0.25, 0.3) is 0 Å². The molecule has 3 atom stereocenters. The molecule has 0 unspecified atom stereocenters. The molecule has 0 saturated heterocycles. The van der Waals surface area contributed by atoms with E-state index in [0.717, 1.165) is 23.3 Å². The van der Waals surface area contributed by atoms with Gasteiger partial charge >= 0.3 is 5.97 Å². The number of benzene rings is 2. The number of aliphatic hydroxyl groups excluding tert-OH is 1. The fourth-order valence-electron chi connectivity index (χ4n) is 3.76. The second-order valence-corrected chi connectivity index (χ2v) is 9.21. The number of ether oxygens (including phenoxy) is 4. The van der Waals surface area contributed by atoms with Gasteiger partial charge in [0.05, 0.1) is 45.7 Å². The van der Waals surface area contributed by atoms with Gasteiger partial charge in [-0.3, -0.25) is 0 Å². The molecule has 35 heavy (non-hydrogen) atoms. The van der Waals surface area contributed by atoms with Crippen LogP contribution in [0.15, 0.2) is 66.7 Å². The summed E-state index contributed by atoms with van der Waals surface area (Å²) in [5, 5.41) is 11.1. The Kier molecular flexibility index (Phi) is 12.0. The number of carbonyl (C=O) groups is 1. The molecule has 0 amide bonds. The minimum atomic E-state index is -0.726. The van der Waals surface area contributed by atoms with Gasteiger partial charge in [0.25, 0.3) is 0 Å². The maximum Gasteiger partial charge on any atom is 0.330 e. The Morgan fingerprint density at radius 1 is 0.971 bits per heavy atom. The van der Waals surface area contributed by atoms with Crippen molar-refractivity contribution in [2.75, 3.05) is 14.2 Å². The van der Waals surface area contributed by atoms with Gasteiger partial charge in [-0.15, -0.1) is 0 Å². The monoisotopic (exact) mass is 484 g/mol. The molecule has 2 rings (SSSR count). The van der Waals surface area contributed by atoms with E-state index in [-0.39, 0.29) is 12.2 Å². The van der Waals surface area contributed by atoms with Crippen molar-refractivity contribution in [3.63, 3.8) is 0 Å². The molecular weight excluding hydrogens is 444 g/mol. The number of rotatable bonds is 15. The van der Waals surface area contributed by atoms with Gasteiger partial charge in [-0.25, -0.2) is 4.79 Å². The molecule has 0 bridgehead atoms. The van der Waals surface area contributed by atoms with Gasteiger partial charge in [0, 0.05) is 17.9 Å².